The van der Waals surface area contributed by atoms with Gasteiger partial charge in [-0.3, -0.25) is 4.79 Å². The normalized spacial score (nSPS) is 12.5. The maximum absolute atomic E-state index is 12.7. The summed E-state index contributed by atoms with van der Waals surface area (Å²) in [4.78, 5) is 20.7. The number of nitrogens with two attached hydrogens (primary N) is 1. The van der Waals surface area contributed by atoms with Crippen LogP contribution in [0.2, 0.25) is 0 Å². The van der Waals surface area contributed by atoms with Gasteiger partial charge in [-0.1, -0.05) is 6.07 Å². The third kappa shape index (κ3) is 2.29. The molecule has 2 heterocycles. The SMILES string of the molecule is Cc1cc(C(C)N)c2oc(-c3cncnc3)c(C)c(=O)c2c1. The van der Waals surface area contributed by atoms with Crippen LogP contribution in [0.15, 0.2) is 40.1 Å². The van der Waals surface area contributed by atoms with E-state index in [9.17, 15) is 4.79 Å². The average Bonchev–Trinajstić information content (AvgIpc) is 2.51. The number of aromatic nitrogens is 2. The number of hydrogen-bond donors (Lipinski definition) is 1. The van der Waals surface area contributed by atoms with E-state index < -0.39 is 0 Å². The molecule has 0 saturated heterocycles. The fourth-order valence-electron chi connectivity index (χ4n) is 2.60. The molecule has 2 N–H and O–H groups in total. The van der Waals surface area contributed by atoms with Crippen molar-refractivity contribution in [3.63, 3.8) is 0 Å². The molecule has 1 atom stereocenters. The smallest absolute Gasteiger partial charge is 0.196 e. The zero-order valence-electron chi connectivity index (χ0n) is 12.8. The van der Waals surface area contributed by atoms with E-state index in [0.717, 1.165) is 11.1 Å². The lowest BCUT2D eigenvalue weighted by Crippen LogP contribution is -2.12. The second-order valence-electron chi connectivity index (χ2n) is 5.53. The monoisotopic (exact) mass is 295 g/mol. The third-order valence-corrected chi connectivity index (χ3v) is 3.71. The third-order valence-electron chi connectivity index (χ3n) is 3.71. The molecule has 0 amide bonds. The van der Waals surface area contributed by atoms with Crippen LogP contribution in [0.4, 0.5) is 0 Å². The molecule has 0 fully saturated rings. The molecule has 3 aromatic rings. The van der Waals surface area contributed by atoms with Crippen LogP contribution in [0.3, 0.4) is 0 Å². The zero-order valence-corrected chi connectivity index (χ0v) is 12.8. The van der Waals surface area contributed by atoms with Crippen molar-refractivity contribution in [1.82, 2.24) is 9.97 Å². The van der Waals surface area contributed by atoms with Crippen molar-refractivity contribution in [2.24, 2.45) is 5.73 Å². The minimum absolute atomic E-state index is 0.0503. The Labute approximate surface area is 127 Å². The van der Waals surface area contributed by atoms with E-state index in [1.165, 1.54) is 6.33 Å². The Morgan fingerprint density at radius 3 is 2.50 bits per heavy atom. The molecule has 0 aliphatic carbocycles. The van der Waals surface area contributed by atoms with Gasteiger partial charge in [0.15, 0.2) is 5.43 Å². The van der Waals surface area contributed by atoms with Crippen LogP contribution in [0.5, 0.6) is 0 Å². The van der Waals surface area contributed by atoms with Gasteiger partial charge >= 0.3 is 0 Å². The van der Waals surface area contributed by atoms with Gasteiger partial charge in [-0.2, -0.15) is 0 Å². The van der Waals surface area contributed by atoms with E-state index in [0.29, 0.717) is 27.9 Å². The van der Waals surface area contributed by atoms with Gasteiger partial charge in [0.2, 0.25) is 0 Å². The molecule has 0 aliphatic rings. The van der Waals surface area contributed by atoms with Crippen molar-refractivity contribution in [3.05, 3.63) is 57.8 Å². The molecule has 1 aromatic carbocycles. The number of hydrogen-bond acceptors (Lipinski definition) is 5. The van der Waals surface area contributed by atoms with Crippen LogP contribution in [0, 0.1) is 13.8 Å². The van der Waals surface area contributed by atoms with E-state index in [-0.39, 0.29) is 11.5 Å². The number of benzene rings is 1. The second-order valence-corrected chi connectivity index (χ2v) is 5.53. The molecule has 0 bridgehead atoms. The van der Waals surface area contributed by atoms with Crippen molar-refractivity contribution in [2.45, 2.75) is 26.8 Å². The lowest BCUT2D eigenvalue weighted by molar-refractivity contribution is 0.602. The molecule has 1 unspecified atom stereocenters. The summed E-state index contributed by atoms with van der Waals surface area (Å²) in [6, 6.07) is 3.56. The van der Waals surface area contributed by atoms with Crippen LogP contribution in [0.1, 0.15) is 29.7 Å². The van der Waals surface area contributed by atoms with Crippen molar-refractivity contribution < 1.29 is 4.42 Å². The zero-order chi connectivity index (χ0) is 15.9. The minimum Gasteiger partial charge on any atom is -0.455 e. The van der Waals surface area contributed by atoms with E-state index in [4.69, 9.17) is 10.2 Å². The number of fused-ring (bicyclic) bond motifs is 1. The van der Waals surface area contributed by atoms with Crippen molar-refractivity contribution in [3.8, 4) is 11.3 Å². The maximum atomic E-state index is 12.7. The van der Waals surface area contributed by atoms with E-state index in [1.807, 2.05) is 26.0 Å². The Morgan fingerprint density at radius 1 is 1.18 bits per heavy atom. The highest BCUT2D eigenvalue weighted by molar-refractivity contribution is 5.84. The fourth-order valence-corrected chi connectivity index (χ4v) is 2.60. The maximum Gasteiger partial charge on any atom is 0.196 e. The molecule has 112 valence electrons. The summed E-state index contributed by atoms with van der Waals surface area (Å²) in [5, 5.41) is 0.561. The van der Waals surface area contributed by atoms with Gasteiger partial charge < -0.3 is 10.2 Å². The topological polar surface area (TPSA) is 82.0 Å². The number of aryl methyl sites for hydroxylation is 1. The predicted molar refractivity (Wildman–Crippen MR) is 85.6 cm³/mol. The summed E-state index contributed by atoms with van der Waals surface area (Å²) >= 11 is 0. The standard InChI is InChI=1S/C17H17N3O2/c1-9-4-13(11(3)18)17-14(5-9)15(21)10(2)16(22-17)12-6-19-8-20-7-12/h4-8,11H,18H2,1-3H3. The fraction of sp³-hybridized carbons (Fsp3) is 0.235. The Balaban J connectivity index is 2.43. The van der Waals surface area contributed by atoms with Crippen LogP contribution in [-0.2, 0) is 0 Å². The lowest BCUT2D eigenvalue weighted by Gasteiger charge is -2.13. The number of nitrogens with zero attached hydrogens (tertiary/aromatic N) is 2. The van der Waals surface area contributed by atoms with Gasteiger partial charge in [0.25, 0.3) is 0 Å². The molecule has 3 rings (SSSR count). The second kappa shape index (κ2) is 5.35. The highest BCUT2D eigenvalue weighted by Gasteiger charge is 2.17. The first-order chi connectivity index (χ1) is 10.5. The summed E-state index contributed by atoms with van der Waals surface area (Å²) in [5.41, 5.74) is 9.56. The summed E-state index contributed by atoms with van der Waals surface area (Å²) in [6.45, 7) is 5.57. The minimum atomic E-state index is -0.229. The molecule has 0 radical (unpaired) electrons. The number of rotatable bonds is 2. The van der Waals surface area contributed by atoms with Gasteiger partial charge in [0.1, 0.15) is 17.7 Å². The Hall–Kier alpha value is -2.53. The van der Waals surface area contributed by atoms with Gasteiger partial charge in [-0.05, 0) is 32.4 Å². The highest BCUT2D eigenvalue weighted by Crippen LogP contribution is 2.29. The van der Waals surface area contributed by atoms with Crippen LogP contribution < -0.4 is 11.2 Å². The Bertz CT molecular complexity index is 899. The lowest BCUT2D eigenvalue weighted by atomic mass is 10.00. The van der Waals surface area contributed by atoms with Crippen LogP contribution >= 0.6 is 0 Å². The van der Waals surface area contributed by atoms with Gasteiger partial charge in [0.05, 0.1) is 10.9 Å². The molecule has 0 spiro atoms. The molecule has 5 nitrogen and oxygen atoms in total. The first-order valence-electron chi connectivity index (χ1n) is 7.08. The molecule has 22 heavy (non-hydrogen) atoms. The van der Waals surface area contributed by atoms with Crippen molar-refractivity contribution >= 4 is 11.0 Å². The average molecular weight is 295 g/mol. The molecular formula is C17H17N3O2. The van der Waals surface area contributed by atoms with E-state index >= 15 is 0 Å². The molecule has 5 heteroatoms. The summed E-state index contributed by atoms with van der Waals surface area (Å²) in [6.07, 6.45) is 4.70. The van der Waals surface area contributed by atoms with Crippen LogP contribution in [-0.4, -0.2) is 9.97 Å². The van der Waals surface area contributed by atoms with Gasteiger partial charge in [0, 0.05) is 29.6 Å². The first-order valence-corrected chi connectivity index (χ1v) is 7.08. The van der Waals surface area contributed by atoms with E-state index in [1.54, 1.807) is 19.3 Å². The first kappa shape index (κ1) is 14.4. The molecule has 0 saturated carbocycles. The Morgan fingerprint density at radius 2 is 1.86 bits per heavy atom. The molecular weight excluding hydrogens is 278 g/mol. The van der Waals surface area contributed by atoms with Gasteiger partial charge in [-0.15, -0.1) is 0 Å². The highest BCUT2D eigenvalue weighted by atomic mass is 16.3. The molecule has 0 aliphatic heterocycles. The molecule has 2 aromatic heterocycles. The van der Waals surface area contributed by atoms with Crippen molar-refractivity contribution in [2.75, 3.05) is 0 Å². The van der Waals surface area contributed by atoms with Crippen molar-refractivity contribution in [1.29, 1.82) is 0 Å². The largest absolute Gasteiger partial charge is 0.455 e. The van der Waals surface area contributed by atoms with Gasteiger partial charge in [-0.25, -0.2) is 9.97 Å². The van der Waals surface area contributed by atoms with Crippen LogP contribution in [0.25, 0.3) is 22.3 Å². The summed E-state index contributed by atoms with van der Waals surface area (Å²) in [7, 11) is 0. The summed E-state index contributed by atoms with van der Waals surface area (Å²) in [5.74, 6) is 0.490. The summed E-state index contributed by atoms with van der Waals surface area (Å²) < 4.78 is 6.05. The predicted octanol–water partition coefficient (Wildman–Crippen LogP) is 2.89. The Kier molecular flexibility index (Phi) is 3.50. The van der Waals surface area contributed by atoms with E-state index in [2.05, 4.69) is 9.97 Å². The quantitative estimate of drug-likeness (QED) is 0.786.